The molecule has 132 valence electrons. The van der Waals surface area contributed by atoms with Gasteiger partial charge in [-0.15, -0.1) is 0 Å². The van der Waals surface area contributed by atoms with Gasteiger partial charge in [-0.1, -0.05) is 12.1 Å². The lowest BCUT2D eigenvalue weighted by atomic mass is 10.1. The van der Waals surface area contributed by atoms with Crippen LogP contribution in [-0.2, 0) is 0 Å². The number of amides is 1. The maximum atomic E-state index is 12.4. The molecular formula is C20H20N4O2. The molecule has 2 N–H and O–H groups in total. The van der Waals surface area contributed by atoms with Gasteiger partial charge in [-0.2, -0.15) is 0 Å². The number of rotatable bonds is 5. The van der Waals surface area contributed by atoms with Gasteiger partial charge in [0.05, 0.1) is 7.11 Å². The molecule has 0 saturated heterocycles. The maximum Gasteiger partial charge on any atom is 0.274 e. The summed E-state index contributed by atoms with van der Waals surface area (Å²) in [6.45, 7) is 4.07. The number of aromatic nitrogens is 2. The van der Waals surface area contributed by atoms with Crippen molar-refractivity contribution in [1.82, 2.24) is 9.97 Å². The molecule has 1 heterocycles. The lowest BCUT2D eigenvalue weighted by Gasteiger charge is -2.11. The Labute approximate surface area is 152 Å². The van der Waals surface area contributed by atoms with Gasteiger partial charge < -0.3 is 15.4 Å². The number of hydrogen-bond donors (Lipinski definition) is 2. The molecule has 3 rings (SSSR count). The Morgan fingerprint density at radius 2 is 1.81 bits per heavy atom. The molecule has 6 heteroatoms. The Hall–Kier alpha value is -3.41. The number of methoxy groups -OCH3 is 1. The standard InChI is InChI=1S/C20H20N4O2/c1-13-5-4-6-17(14(13)2)23-20-21-12-11-18(24-20)19(25)22-15-7-9-16(26-3)10-8-15/h4-12H,1-3H3,(H,22,25)(H,21,23,24). The topological polar surface area (TPSA) is 76.1 Å². The van der Waals surface area contributed by atoms with E-state index in [1.54, 1.807) is 43.6 Å². The molecule has 0 saturated carbocycles. The molecule has 0 unspecified atom stereocenters. The summed E-state index contributed by atoms with van der Waals surface area (Å²) in [5.41, 5.74) is 4.15. The van der Waals surface area contributed by atoms with Crippen LogP contribution in [0.1, 0.15) is 21.6 Å². The van der Waals surface area contributed by atoms with Crippen LogP contribution in [-0.4, -0.2) is 23.0 Å². The molecule has 0 radical (unpaired) electrons. The van der Waals surface area contributed by atoms with Crippen LogP contribution in [0.15, 0.2) is 54.7 Å². The minimum atomic E-state index is -0.304. The predicted molar refractivity (Wildman–Crippen MR) is 102 cm³/mol. The van der Waals surface area contributed by atoms with Gasteiger partial charge >= 0.3 is 0 Å². The fraction of sp³-hybridized carbons (Fsp3) is 0.150. The van der Waals surface area contributed by atoms with Crippen molar-refractivity contribution in [2.45, 2.75) is 13.8 Å². The number of hydrogen-bond acceptors (Lipinski definition) is 5. The smallest absolute Gasteiger partial charge is 0.274 e. The minimum absolute atomic E-state index is 0.281. The van der Waals surface area contributed by atoms with E-state index in [0.29, 0.717) is 11.6 Å². The summed E-state index contributed by atoms with van der Waals surface area (Å²) in [5.74, 6) is 0.799. The summed E-state index contributed by atoms with van der Waals surface area (Å²) >= 11 is 0. The normalized spacial score (nSPS) is 10.3. The molecule has 0 fully saturated rings. The van der Waals surface area contributed by atoms with E-state index in [0.717, 1.165) is 17.0 Å². The maximum absolute atomic E-state index is 12.4. The third-order valence-corrected chi connectivity index (χ3v) is 4.09. The lowest BCUT2D eigenvalue weighted by Crippen LogP contribution is -2.14. The first-order valence-electron chi connectivity index (χ1n) is 8.18. The molecule has 0 aliphatic rings. The quantitative estimate of drug-likeness (QED) is 0.726. The number of anilines is 3. The van der Waals surface area contributed by atoms with Crippen LogP contribution in [0.2, 0.25) is 0 Å². The molecule has 1 amide bonds. The number of carbonyl (C=O) groups excluding carboxylic acids is 1. The largest absolute Gasteiger partial charge is 0.497 e. The van der Waals surface area contributed by atoms with Crippen LogP contribution >= 0.6 is 0 Å². The fourth-order valence-corrected chi connectivity index (χ4v) is 2.42. The van der Waals surface area contributed by atoms with Crippen molar-refractivity contribution in [3.63, 3.8) is 0 Å². The SMILES string of the molecule is COc1ccc(NC(=O)c2ccnc(Nc3cccc(C)c3C)n2)cc1. The summed E-state index contributed by atoms with van der Waals surface area (Å²) in [6.07, 6.45) is 1.56. The Balaban J connectivity index is 1.75. The highest BCUT2D eigenvalue weighted by molar-refractivity contribution is 6.03. The summed E-state index contributed by atoms with van der Waals surface area (Å²) in [5, 5.41) is 5.98. The molecule has 0 bridgehead atoms. The zero-order valence-electron chi connectivity index (χ0n) is 14.9. The van der Waals surface area contributed by atoms with Crippen LogP contribution in [0.25, 0.3) is 0 Å². The highest BCUT2D eigenvalue weighted by atomic mass is 16.5. The highest BCUT2D eigenvalue weighted by Crippen LogP contribution is 2.21. The monoisotopic (exact) mass is 348 g/mol. The number of carbonyl (C=O) groups is 1. The Morgan fingerprint density at radius 3 is 2.54 bits per heavy atom. The zero-order chi connectivity index (χ0) is 18.5. The van der Waals surface area contributed by atoms with E-state index in [2.05, 4.69) is 20.6 Å². The van der Waals surface area contributed by atoms with Gasteiger partial charge in [-0.25, -0.2) is 9.97 Å². The number of aryl methyl sites for hydroxylation is 1. The molecule has 6 nitrogen and oxygen atoms in total. The fourth-order valence-electron chi connectivity index (χ4n) is 2.42. The summed E-state index contributed by atoms with van der Waals surface area (Å²) in [4.78, 5) is 20.9. The zero-order valence-corrected chi connectivity index (χ0v) is 14.9. The number of nitrogens with one attached hydrogen (secondary N) is 2. The number of ether oxygens (including phenoxy) is 1. The molecule has 3 aromatic rings. The third kappa shape index (κ3) is 3.97. The van der Waals surface area contributed by atoms with Crippen molar-refractivity contribution in [3.8, 4) is 5.75 Å². The van der Waals surface area contributed by atoms with Crippen molar-refractivity contribution >= 4 is 23.2 Å². The van der Waals surface area contributed by atoms with Gasteiger partial charge in [0.25, 0.3) is 5.91 Å². The Bertz CT molecular complexity index is 923. The first kappa shape index (κ1) is 17.4. The Morgan fingerprint density at radius 1 is 1.04 bits per heavy atom. The van der Waals surface area contributed by atoms with Crippen molar-refractivity contribution < 1.29 is 9.53 Å². The van der Waals surface area contributed by atoms with E-state index in [9.17, 15) is 4.79 Å². The van der Waals surface area contributed by atoms with E-state index < -0.39 is 0 Å². The molecule has 26 heavy (non-hydrogen) atoms. The summed E-state index contributed by atoms with van der Waals surface area (Å²) in [7, 11) is 1.60. The minimum Gasteiger partial charge on any atom is -0.497 e. The van der Waals surface area contributed by atoms with Crippen LogP contribution in [0.4, 0.5) is 17.3 Å². The van der Waals surface area contributed by atoms with Gasteiger partial charge in [-0.3, -0.25) is 4.79 Å². The third-order valence-electron chi connectivity index (χ3n) is 4.09. The lowest BCUT2D eigenvalue weighted by molar-refractivity contribution is 0.102. The average Bonchev–Trinajstić information content (AvgIpc) is 2.66. The van der Waals surface area contributed by atoms with E-state index >= 15 is 0 Å². The average molecular weight is 348 g/mol. The van der Waals surface area contributed by atoms with Gasteiger partial charge in [0.15, 0.2) is 0 Å². The molecule has 0 aliphatic heterocycles. The molecule has 0 aliphatic carbocycles. The molecule has 1 aromatic heterocycles. The summed E-state index contributed by atoms with van der Waals surface area (Å²) in [6, 6.07) is 14.6. The van der Waals surface area contributed by atoms with E-state index in [1.165, 1.54) is 5.56 Å². The molecular weight excluding hydrogens is 328 g/mol. The van der Waals surface area contributed by atoms with E-state index in [-0.39, 0.29) is 11.6 Å². The second-order valence-electron chi connectivity index (χ2n) is 5.82. The van der Waals surface area contributed by atoms with Gasteiger partial charge in [0, 0.05) is 17.6 Å². The molecule has 2 aromatic carbocycles. The van der Waals surface area contributed by atoms with Crippen molar-refractivity contribution in [3.05, 3.63) is 71.5 Å². The first-order valence-corrected chi connectivity index (χ1v) is 8.18. The summed E-state index contributed by atoms with van der Waals surface area (Å²) < 4.78 is 5.11. The van der Waals surface area contributed by atoms with Crippen LogP contribution < -0.4 is 15.4 Å². The molecule has 0 atom stereocenters. The first-order chi connectivity index (χ1) is 12.6. The van der Waals surface area contributed by atoms with E-state index in [1.807, 2.05) is 32.0 Å². The second-order valence-corrected chi connectivity index (χ2v) is 5.82. The highest BCUT2D eigenvalue weighted by Gasteiger charge is 2.10. The number of benzene rings is 2. The van der Waals surface area contributed by atoms with Crippen molar-refractivity contribution in [2.75, 3.05) is 17.7 Å². The number of nitrogens with zero attached hydrogens (tertiary/aromatic N) is 2. The second kappa shape index (κ2) is 7.65. The van der Waals surface area contributed by atoms with Gasteiger partial charge in [0.1, 0.15) is 11.4 Å². The van der Waals surface area contributed by atoms with Crippen LogP contribution in [0.3, 0.4) is 0 Å². The Kier molecular flexibility index (Phi) is 5.12. The van der Waals surface area contributed by atoms with E-state index in [4.69, 9.17) is 4.74 Å². The van der Waals surface area contributed by atoms with Crippen LogP contribution in [0, 0.1) is 13.8 Å². The van der Waals surface area contributed by atoms with Crippen molar-refractivity contribution in [2.24, 2.45) is 0 Å². The predicted octanol–water partition coefficient (Wildman–Crippen LogP) is 4.10. The van der Waals surface area contributed by atoms with Gasteiger partial charge in [-0.05, 0) is 61.4 Å². The molecule has 0 spiro atoms. The van der Waals surface area contributed by atoms with Crippen molar-refractivity contribution in [1.29, 1.82) is 0 Å². The van der Waals surface area contributed by atoms with Crippen LogP contribution in [0.5, 0.6) is 5.75 Å². The van der Waals surface area contributed by atoms with Gasteiger partial charge in [0.2, 0.25) is 5.95 Å².